The molecule has 3 heterocycles. The lowest BCUT2D eigenvalue weighted by Crippen LogP contribution is -2.48. The van der Waals surface area contributed by atoms with Gasteiger partial charge >= 0.3 is 0 Å². The molecule has 0 radical (unpaired) electrons. The molecule has 0 spiro atoms. The summed E-state index contributed by atoms with van der Waals surface area (Å²) >= 11 is 0. The fourth-order valence-electron chi connectivity index (χ4n) is 4.15. The lowest BCUT2D eigenvalue weighted by molar-refractivity contribution is -0.138. The van der Waals surface area contributed by atoms with Crippen LogP contribution in [0.1, 0.15) is 24.2 Å². The summed E-state index contributed by atoms with van der Waals surface area (Å²) in [5.74, 6) is 1.62. The van der Waals surface area contributed by atoms with Crippen LogP contribution in [0.3, 0.4) is 0 Å². The number of rotatable bonds is 3. The lowest BCUT2D eigenvalue weighted by Gasteiger charge is -2.32. The Hall–Kier alpha value is -1.79. The first-order valence-corrected chi connectivity index (χ1v) is 9.22. The first kappa shape index (κ1) is 16.7. The first-order chi connectivity index (χ1) is 12.2. The molecular weight excluding hydrogens is 316 g/mol. The van der Waals surface area contributed by atoms with E-state index in [1.807, 2.05) is 19.3 Å². The van der Waals surface area contributed by atoms with Crippen LogP contribution < -0.4 is 0 Å². The fourth-order valence-corrected chi connectivity index (χ4v) is 4.15. The Labute approximate surface area is 148 Å². The van der Waals surface area contributed by atoms with Gasteiger partial charge in [0.2, 0.25) is 5.91 Å². The molecule has 1 aromatic rings. The molecule has 0 N–H and O–H groups in total. The van der Waals surface area contributed by atoms with Crippen LogP contribution in [0.5, 0.6) is 0 Å². The van der Waals surface area contributed by atoms with Gasteiger partial charge < -0.3 is 9.64 Å². The lowest BCUT2D eigenvalue weighted by atomic mass is 10.0. The van der Waals surface area contributed by atoms with Crippen molar-refractivity contribution < 1.29 is 9.53 Å². The van der Waals surface area contributed by atoms with E-state index in [4.69, 9.17) is 4.74 Å². The number of aryl methyl sites for hydroxylation is 1. The van der Waals surface area contributed by atoms with Gasteiger partial charge in [-0.15, -0.1) is 0 Å². The second-order valence-corrected chi connectivity index (χ2v) is 7.52. The van der Waals surface area contributed by atoms with Crippen LogP contribution in [0.4, 0.5) is 0 Å². The van der Waals surface area contributed by atoms with Gasteiger partial charge in [0, 0.05) is 56.0 Å². The number of hydrogen-bond acceptors (Lipinski definition) is 5. The van der Waals surface area contributed by atoms with Crippen molar-refractivity contribution in [2.75, 3.05) is 32.8 Å². The fraction of sp³-hybridized carbons (Fsp3) is 0.632. The highest BCUT2D eigenvalue weighted by molar-refractivity contribution is 5.80. The normalized spacial score (nSPS) is 27.5. The largest absolute Gasteiger partial charge is 0.379 e. The van der Waals surface area contributed by atoms with Crippen LogP contribution in [0, 0.1) is 18.8 Å². The average molecular weight is 342 g/mol. The highest BCUT2D eigenvalue weighted by Crippen LogP contribution is 2.26. The number of aromatic nitrogens is 2. The van der Waals surface area contributed by atoms with Gasteiger partial charge in [0.25, 0.3) is 0 Å². The van der Waals surface area contributed by atoms with Gasteiger partial charge in [-0.25, -0.2) is 9.97 Å². The van der Waals surface area contributed by atoms with E-state index >= 15 is 0 Å². The molecule has 0 unspecified atom stereocenters. The molecule has 6 heteroatoms. The summed E-state index contributed by atoms with van der Waals surface area (Å²) in [6, 6.07) is 0.145. The van der Waals surface area contributed by atoms with Crippen LogP contribution in [-0.4, -0.2) is 64.6 Å². The van der Waals surface area contributed by atoms with Crippen molar-refractivity contribution in [2.45, 2.75) is 32.4 Å². The Morgan fingerprint density at radius 2 is 1.92 bits per heavy atom. The second-order valence-electron chi connectivity index (χ2n) is 7.52. The summed E-state index contributed by atoms with van der Waals surface area (Å²) in [5.41, 5.74) is 1.13. The monoisotopic (exact) mass is 342 g/mol. The third-order valence-electron chi connectivity index (χ3n) is 5.43. The van der Waals surface area contributed by atoms with Crippen LogP contribution in [0.15, 0.2) is 24.5 Å². The quantitative estimate of drug-likeness (QED) is 0.778. The minimum Gasteiger partial charge on any atom is -0.379 e. The van der Waals surface area contributed by atoms with Gasteiger partial charge in [-0.05, 0) is 19.8 Å². The zero-order valence-electron chi connectivity index (χ0n) is 14.8. The van der Waals surface area contributed by atoms with E-state index in [-0.39, 0.29) is 12.0 Å². The van der Waals surface area contributed by atoms with Gasteiger partial charge in [0.15, 0.2) is 0 Å². The number of amides is 1. The Bertz CT molecular complexity index is 637. The number of nitrogens with zero attached hydrogens (tertiary/aromatic N) is 4. The van der Waals surface area contributed by atoms with Crippen molar-refractivity contribution in [3.05, 3.63) is 35.9 Å². The van der Waals surface area contributed by atoms with E-state index in [0.29, 0.717) is 18.4 Å². The molecule has 1 amide bonds. The zero-order valence-corrected chi connectivity index (χ0v) is 14.8. The van der Waals surface area contributed by atoms with E-state index in [9.17, 15) is 4.79 Å². The molecule has 2 bridgehead atoms. The van der Waals surface area contributed by atoms with Crippen molar-refractivity contribution in [2.24, 2.45) is 11.8 Å². The summed E-state index contributed by atoms with van der Waals surface area (Å²) < 4.78 is 5.86. The number of carbonyl (C=O) groups excluding carboxylic acids is 1. The Balaban J connectivity index is 1.47. The molecule has 2 aliphatic heterocycles. The third-order valence-corrected chi connectivity index (χ3v) is 5.43. The van der Waals surface area contributed by atoms with E-state index in [0.717, 1.165) is 57.0 Å². The summed E-state index contributed by atoms with van der Waals surface area (Å²) in [6.45, 7) is 6.75. The standard InChI is InChI=1S/C19H26N4O2/c1-14-20-6-15(7-21-14)8-22-9-16-10-23(18(11-22)13-25-12-16)19(24)17-4-2-3-5-17/h2-3,6-7,16-18H,4-5,8-13H2,1H3/t16-,18-/m0/s1. The molecular formula is C19H26N4O2. The maximum atomic E-state index is 13.0. The number of allylic oxidation sites excluding steroid dienone is 2. The highest BCUT2D eigenvalue weighted by Gasteiger charge is 2.38. The Morgan fingerprint density at radius 3 is 2.68 bits per heavy atom. The van der Waals surface area contributed by atoms with E-state index in [1.54, 1.807) is 0 Å². The highest BCUT2D eigenvalue weighted by atomic mass is 16.5. The molecule has 0 aromatic carbocycles. The smallest absolute Gasteiger partial charge is 0.226 e. The average Bonchev–Trinajstić information content (AvgIpc) is 2.98. The van der Waals surface area contributed by atoms with Gasteiger partial charge in [0.05, 0.1) is 19.3 Å². The molecule has 6 nitrogen and oxygen atoms in total. The van der Waals surface area contributed by atoms with Crippen molar-refractivity contribution in [3.63, 3.8) is 0 Å². The van der Waals surface area contributed by atoms with Crippen molar-refractivity contribution in [1.29, 1.82) is 0 Å². The van der Waals surface area contributed by atoms with Crippen molar-refractivity contribution in [1.82, 2.24) is 19.8 Å². The number of carbonyl (C=O) groups is 1. The minimum atomic E-state index is 0.137. The number of fused-ring (bicyclic) bond motifs is 3. The molecule has 1 aliphatic carbocycles. The summed E-state index contributed by atoms with van der Waals surface area (Å²) in [7, 11) is 0. The van der Waals surface area contributed by atoms with Gasteiger partial charge in [-0.3, -0.25) is 9.69 Å². The molecule has 0 saturated carbocycles. The summed E-state index contributed by atoms with van der Waals surface area (Å²) in [4.78, 5) is 26.1. The molecule has 4 rings (SSSR count). The topological polar surface area (TPSA) is 58.6 Å². The van der Waals surface area contributed by atoms with Gasteiger partial charge in [-0.2, -0.15) is 0 Å². The van der Waals surface area contributed by atoms with Crippen molar-refractivity contribution in [3.8, 4) is 0 Å². The van der Waals surface area contributed by atoms with Crippen molar-refractivity contribution >= 4 is 5.91 Å². The summed E-state index contributed by atoms with van der Waals surface area (Å²) in [6.07, 6.45) is 9.86. The predicted molar refractivity (Wildman–Crippen MR) is 93.7 cm³/mol. The zero-order chi connectivity index (χ0) is 17.2. The predicted octanol–water partition coefficient (Wildman–Crippen LogP) is 1.41. The van der Waals surface area contributed by atoms with Crippen LogP contribution in [-0.2, 0) is 16.1 Å². The molecule has 3 aliphatic rings. The van der Waals surface area contributed by atoms with E-state index in [2.05, 4.69) is 31.9 Å². The Kier molecular flexibility index (Phi) is 4.81. The minimum absolute atomic E-state index is 0.137. The number of hydrogen-bond donors (Lipinski definition) is 0. The SMILES string of the molecule is Cc1ncc(CN2C[C@@H]3COC[C@H](C2)N(C(=O)C2CC=CC2)C3)cn1. The number of ether oxygens (including phenoxy) is 1. The first-order valence-electron chi connectivity index (χ1n) is 9.22. The molecule has 2 atom stereocenters. The summed E-state index contributed by atoms with van der Waals surface area (Å²) in [5, 5.41) is 0. The van der Waals surface area contributed by atoms with E-state index in [1.165, 1.54) is 0 Å². The van der Waals surface area contributed by atoms with Gasteiger partial charge in [-0.1, -0.05) is 12.2 Å². The second kappa shape index (κ2) is 7.22. The Morgan fingerprint density at radius 1 is 1.16 bits per heavy atom. The third kappa shape index (κ3) is 3.75. The molecule has 134 valence electrons. The maximum Gasteiger partial charge on any atom is 0.226 e. The van der Waals surface area contributed by atoms with Crippen LogP contribution >= 0.6 is 0 Å². The maximum absolute atomic E-state index is 13.0. The van der Waals surface area contributed by atoms with Crippen LogP contribution in [0.2, 0.25) is 0 Å². The molecule has 2 fully saturated rings. The van der Waals surface area contributed by atoms with Gasteiger partial charge in [0.1, 0.15) is 5.82 Å². The molecule has 2 saturated heterocycles. The molecule has 1 aromatic heterocycles. The van der Waals surface area contributed by atoms with E-state index < -0.39 is 0 Å². The molecule has 25 heavy (non-hydrogen) atoms. The van der Waals surface area contributed by atoms with Crippen LogP contribution in [0.25, 0.3) is 0 Å².